The van der Waals surface area contributed by atoms with Gasteiger partial charge in [-0.15, -0.1) is 23.2 Å². The Bertz CT molecular complexity index is 276. The fourth-order valence-electron chi connectivity index (χ4n) is 1.33. The standard InChI is InChI=1S/C11H14Cl2NO.K/c1-15-11-4-2-10(3-5-11)14(8-6-12)9-7-13;/h2-5H,1,6-9H2;/q-1;+1. The summed E-state index contributed by atoms with van der Waals surface area (Å²) in [5, 5.41) is 0. The zero-order valence-corrected chi connectivity index (χ0v) is 14.1. The maximum absolute atomic E-state index is 5.72. The second kappa shape index (κ2) is 10.0. The molecule has 0 aromatic heterocycles. The summed E-state index contributed by atoms with van der Waals surface area (Å²) in [5.41, 5.74) is 1.09. The van der Waals surface area contributed by atoms with Crippen LogP contribution < -0.4 is 61.0 Å². The summed E-state index contributed by atoms with van der Waals surface area (Å²) < 4.78 is 4.85. The Hall–Kier alpha value is 1.04. The third-order valence-electron chi connectivity index (χ3n) is 2.08. The van der Waals surface area contributed by atoms with E-state index in [1.165, 1.54) is 0 Å². The molecule has 2 nitrogen and oxygen atoms in total. The summed E-state index contributed by atoms with van der Waals surface area (Å²) in [7, 11) is 3.35. The van der Waals surface area contributed by atoms with Crippen LogP contribution in [0.4, 0.5) is 5.69 Å². The van der Waals surface area contributed by atoms with E-state index in [0.29, 0.717) is 11.8 Å². The van der Waals surface area contributed by atoms with E-state index in [2.05, 4.69) is 12.0 Å². The number of halogens is 2. The Morgan fingerprint density at radius 3 is 1.94 bits per heavy atom. The minimum absolute atomic E-state index is 0. The SMILES string of the molecule is [CH2-]Oc1ccc(N(CCCl)CCCl)cc1.[K+]. The number of anilines is 1. The van der Waals surface area contributed by atoms with Crippen molar-refractivity contribution in [2.45, 2.75) is 0 Å². The van der Waals surface area contributed by atoms with Crippen molar-refractivity contribution >= 4 is 28.9 Å². The second-order valence-corrected chi connectivity index (χ2v) is 3.76. The van der Waals surface area contributed by atoms with E-state index in [0.717, 1.165) is 24.5 Å². The van der Waals surface area contributed by atoms with Gasteiger partial charge in [0.15, 0.2) is 0 Å². The molecule has 84 valence electrons. The van der Waals surface area contributed by atoms with Crippen molar-refractivity contribution in [2.24, 2.45) is 0 Å². The molecule has 1 rings (SSSR count). The van der Waals surface area contributed by atoms with E-state index in [1.54, 1.807) is 0 Å². The summed E-state index contributed by atoms with van der Waals surface area (Å²) in [6.45, 7) is 1.58. The van der Waals surface area contributed by atoms with Crippen LogP contribution in [-0.4, -0.2) is 24.8 Å². The Morgan fingerprint density at radius 2 is 1.56 bits per heavy atom. The van der Waals surface area contributed by atoms with Gasteiger partial charge in [0.25, 0.3) is 0 Å². The second-order valence-electron chi connectivity index (χ2n) is 3.00. The Labute approximate surface area is 150 Å². The summed E-state index contributed by atoms with van der Waals surface area (Å²) in [6, 6.07) is 7.69. The minimum atomic E-state index is 0. The maximum atomic E-state index is 5.72. The van der Waals surface area contributed by atoms with Gasteiger partial charge >= 0.3 is 51.4 Å². The zero-order valence-electron chi connectivity index (χ0n) is 9.46. The molecule has 0 aliphatic rings. The molecule has 0 saturated carbocycles. The molecule has 16 heavy (non-hydrogen) atoms. The predicted octanol–water partition coefficient (Wildman–Crippen LogP) is 0.145. The number of hydrogen-bond donors (Lipinski definition) is 0. The minimum Gasteiger partial charge on any atom is -0.665 e. The van der Waals surface area contributed by atoms with E-state index in [-0.39, 0.29) is 51.4 Å². The van der Waals surface area contributed by atoms with Crippen LogP contribution in [0.5, 0.6) is 5.75 Å². The maximum Gasteiger partial charge on any atom is 1.00 e. The summed E-state index contributed by atoms with van der Waals surface area (Å²) in [4.78, 5) is 2.13. The van der Waals surface area contributed by atoms with Gasteiger partial charge in [-0.2, -0.15) is 7.11 Å². The molecule has 0 amide bonds. The largest absolute Gasteiger partial charge is 1.00 e. The molecule has 0 spiro atoms. The molecule has 0 aliphatic heterocycles. The third kappa shape index (κ3) is 5.58. The average molecular weight is 286 g/mol. The fourth-order valence-corrected chi connectivity index (χ4v) is 1.74. The Kier molecular flexibility index (Phi) is 10.7. The average Bonchev–Trinajstić information content (AvgIpc) is 2.29. The van der Waals surface area contributed by atoms with Gasteiger partial charge in [0.1, 0.15) is 0 Å². The van der Waals surface area contributed by atoms with Crippen LogP contribution in [0.1, 0.15) is 0 Å². The first-order valence-corrected chi connectivity index (χ1v) is 5.77. The van der Waals surface area contributed by atoms with Gasteiger partial charge in [0, 0.05) is 30.5 Å². The first-order valence-electron chi connectivity index (χ1n) is 4.70. The van der Waals surface area contributed by atoms with Crippen LogP contribution in [0.3, 0.4) is 0 Å². The van der Waals surface area contributed by atoms with Crippen molar-refractivity contribution in [1.29, 1.82) is 0 Å². The number of hydrogen-bond acceptors (Lipinski definition) is 2. The number of rotatable bonds is 6. The first kappa shape index (κ1) is 17.0. The van der Waals surface area contributed by atoms with Gasteiger partial charge in [-0.05, 0) is 24.3 Å². The molecule has 1 aromatic carbocycles. The molecule has 5 heteroatoms. The third-order valence-corrected chi connectivity index (χ3v) is 2.42. The quantitative estimate of drug-likeness (QED) is 0.419. The predicted molar refractivity (Wildman–Crippen MR) is 66.1 cm³/mol. The summed E-state index contributed by atoms with van der Waals surface area (Å²) in [5.74, 6) is 1.92. The van der Waals surface area contributed by atoms with Crippen molar-refractivity contribution in [1.82, 2.24) is 0 Å². The van der Waals surface area contributed by atoms with Crippen molar-refractivity contribution < 1.29 is 56.1 Å². The van der Waals surface area contributed by atoms with Crippen LogP contribution in [0, 0.1) is 7.11 Å². The van der Waals surface area contributed by atoms with Gasteiger partial charge in [-0.25, -0.2) is 0 Å². The normalized spacial score (nSPS) is 9.44. The molecule has 1 aromatic rings. The Balaban J connectivity index is 0.00000225. The van der Waals surface area contributed by atoms with Crippen LogP contribution in [0.2, 0.25) is 0 Å². The van der Waals surface area contributed by atoms with Gasteiger partial charge < -0.3 is 9.64 Å². The van der Waals surface area contributed by atoms with E-state index in [1.807, 2.05) is 24.3 Å². The summed E-state index contributed by atoms with van der Waals surface area (Å²) in [6.07, 6.45) is 0. The van der Waals surface area contributed by atoms with Gasteiger partial charge in [-0.3, -0.25) is 0 Å². The molecule has 0 unspecified atom stereocenters. The van der Waals surface area contributed by atoms with Crippen LogP contribution >= 0.6 is 23.2 Å². The number of nitrogens with zero attached hydrogens (tertiary/aromatic N) is 1. The zero-order chi connectivity index (χ0) is 11.1. The van der Waals surface area contributed by atoms with Crippen LogP contribution in [0.15, 0.2) is 24.3 Å². The van der Waals surface area contributed by atoms with Crippen molar-refractivity contribution in [3.8, 4) is 5.75 Å². The molecule has 0 saturated heterocycles. The Morgan fingerprint density at radius 1 is 1.06 bits per heavy atom. The van der Waals surface area contributed by atoms with Crippen LogP contribution in [-0.2, 0) is 0 Å². The molecule has 0 heterocycles. The van der Waals surface area contributed by atoms with Gasteiger partial charge in [-0.1, -0.05) is 0 Å². The molecule has 0 aliphatic carbocycles. The number of alkyl halides is 2. The van der Waals surface area contributed by atoms with E-state index >= 15 is 0 Å². The van der Waals surface area contributed by atoms with E-state index in [4.69, 9.17) is 27.9 Å². The van der Waals surface area contributed by atoms with Crippen LogP contribution in [0.25, 0.3) is 0 Å². The monoisotopic (exact) mass is 285 g/mol. The van der Waals surface area contributed by atoms with Crippen molar-refractivity contribution in [2.75, 3.05) is 29.7 Å². The van der Waals surface area contributed by atoms with Gasteiger partial charge in [0.05, 0.1) is 5.75 Å². The molecule has 0 N–H and O–H groups in total. The van der Waals surface area contributed by atoms with Gasteiger partial charge in [0.2, 0.25) is 0 Å². The molecule has 0 fully saturated rings. The summed E-state index contributed by atoms with van der Waals surface area (Å²) >= 11 is 11.4. The number of ether oxygens (including phenoxy) is 1. The van der Waals surface area contributed by atoms with E-state index < -0.39 is 0 Å². The molecule has 0 atom stereocenters. The number of benzene rings is 1. The smallest absolute Gasteiger partial charge is 0.665 e. The van der Waals surface area contributed by atoms with Crippen molar-refractivity contribution in [3.05, 3.63) is 31.4 Å². The van der Waals surface area contributed by atoms with Crippen molar-refractivity contribution in [3.63, 3.8) is 0 Å². The molecular weight excluding hydrogens is 272 g/mol. The molecule has 0 radical (unpaired) electrons. The molecular formula is C11H14Cl2KNO. The fraction of sp³-hybridized carbons (Fsp3) is 0.364. The van der Waals surface area contributed by atoms with E-state index in [9.17, 15) is 0 Å². The topological polar surface area (TPSA) is 12.5 Å². The first-order chi connectivity index (χ1) is 7.31. The molecule has 0 bridgehead atoms.